The molecule has 0 atom stereocenters. The molecule has 1 aliphatic carbocycles. The molecule has 6 heteroatoms. The van der Waals surface area contributed by atoms with E-state index in [9.17, 15) is 4.79 Å². The number of primary amides is 1. The number of fused-ring (bicyclic) bond motifs is 1. The van der Waals surface area contributed by atoms with Crippen molar-refractivity contribution in [2.75, 3.05) is 6.61 Å². The number of nitrogens with two attached hydrogens (primary N) is 2. The number of rotatable bonds is 3. The largest absolute Gasteiger partial charge is 0.474 e. The molecule has 0 unspecified atom stereocenters. The first-order valence-electron chi connectivity index (χ1n) is 7.46. The monoisotopic (exact) mass is 291 g/mol. The Balaban J connectivity index is 1.84. The van der Waals surface area contributed by atoms with Crippen molar-refractivity contribution in [1.29, 1.82) is 0 Å². The summed E-state index contributed by atoms with van der Waals surface area (Å²) in [6, 6.07) is 2.02. The summed E-state index contributed by atoms with van der Waals surface area (Å²) >= 11 is 0. The Labute approximate surface area is 123 Å². The van der Waals surface area contributed by atoms with Crippen LogP contribution in [0.2, 0.25) is 0 Å². The molecule has 0 saturated heterocycles. The lowest BCUT2D eigenvalue weighted by atomic mass is 9.94. The zero-order chi connectivity index (χ0) is 14.8. The van der Waals surface area contributed by atoms with Crippen molar-refractivity contribution in [3.8, 4) is 5.88 Å². The number of pyridine rings is 1. The average Bonchev–Trinajstić information content (AvgIpc) is 2.48. The molecule has 0 spiro atoms. The minimum absolute atomic E-state index is 0.0632. The van der Waals surface area contributed by atoms with E-state index in [1.165, 1.54) is 0 Å². The van der Waals surface area contributed by atoms with E-state index in [0.717, 1.165) is 43.4 Å². The molecule has 1 aromatic heterocycles. The van der Waals surface area contributed by atoms with Crippen LogP contribution in [0.25, 0.3) is 0 Å². The Bertz CT molecular complexity index is 539. The van der Waals surface area contributed by atoms with Gasteiger partial charge in [-0.2, -0.15) is 0 Å². The van der Waals surface area contributed by atoms with Gasteiger partial charge in [0.05, 0.1) is 18.9 Å². The highest BCUT2D eigenvalue weighted by atomic mass is 16.5. The third-order valence-electron chi connectivity index (χ3n) is 4.16. The van der Waals surface area contributed by atoms with Crippen molar-refractivity contribution >= 4 is 5.91 Å². The van der Waals surface area contributed by atoms with Crippen LogP contribution in [0.15, 0.2) is 6.07 Å². The van der Waals surface area contributed by atoms with E-state index in [-0.39, 0.29) is 12.1 Å². The lowest BCUT2D eigenvalue weighted by Crippen LogP contribution is -2.32. The van der Waals surface area contributed by atoms with Crippen LogP contribution in [0.5, 0.6) is 5.88 Å². The molecule has 1 aliphatic heterocycles. The van der Waals surface area contributed by atoms with E-state index in [0.29, 0.717) is 24.7 Å². The molecule has 4 N–H and O–H groups in total. The molecule has 0 radical (unpaired) electrons. The fourth-order valence-electron chi connectivity index (χ4n) is 2.90. The smallest absolute Gasteiger partial charge is 0.254 e. The number of nitrogens with zero attached hydrogens (tertiary/aromatic N) is 1. The Hall–Kier alpha value is -1.66. The fourth-order valence-corrected chi connectivity index (χ4v) is 2.90. The zero-order valence-electron chi connectivity index (χ0n) is 12.0. The molecule has 2 aliphatic rings. The maximum atomic E-state index is 11.6. The van der Waals surface area contributed by atoms with Crippen molar-refractivity contribution in [1.82, 2.24) is 4.98 Å². The molecule has 114 valence electrons. The molecule has 2 heterocycles. The number of ether oxygens (including phenoxy) is 2. The maximum absolute atomic E-state index is 11.6. The van der Waals surface area contributed by atoms with Crippen LogP contribution >= 0.6 is 0 Å². The number of carbonyl (C=O) groups is 1. The van der Waals surface area contributed by atoms with E-state index in [1.807, 2.05) is 0 Å². The number of carbonyl (C=O) groups excluding carboxylic acids is 1. The second-order valence-corrected chi connectivity index (χ2v) is 5.77. The van der Waals surface area contributed by atoms with Gasteiger partial charge in [-0.3, -0.25) is 4.79 Å². The minimum atomic E-state index is -0.515. The minimum Gasteiger partial charge on any atom is -0.474 e. The summed E-state index contributed by atoms with van der Waals surface area (Å²) in [5.74, 6) is -0.151. The van der Waals surface area contributed by atoms with Gasteiger partial charge in [0.1, 0.15) is 11.7 Å². The van der Waals surface area contributed by atoms with Crippen molar-refractivity contribution in [3.63, 3.8) is 0 Å². The van der Waals surface area contributed by atoms with Gasteiger partial charge in [0.2, 0.25) is 5.88 Å². The van der Waals surface area contributed by atoms with Crippen molar-refractivity contribution in [3.05, 3.63) is 22.9 Å². The maximum Gasteiger partial charge on any atom is 0.254 e. The third-order valence-corrected chi connectivity index (χ3v) is 4.16. The molecule has 1 aromatic rings. The summed E-state index contributed by atoms with van der Waals surface area (Å²) in [5.41, 5.74) is 13.6. The van der Waals surface area contributed by atoms with Gasteiger partial charge in [0.25, 0.3) is 5.91 Å². The number of hydrogen-bond donors (Lipinski definition) is 2. The topological polar surface area (TPSA) is 100 Å². The van der Waals surface area contributed by atoms with Gasteiger partial charge in [0, 0.05) is 18.0 Å². The average molecular weight is 291 g/mol. The van der Waals surface area contributed by atoms with Gasteiger partial charge >= 0.3 is 0 Å². The SMILES string of the molecule is NC(=O)c1cc2c(nc1OC1CCC(N)CC1)CCOC2. The van der Waals surface area contributed by atoms with Crippen LogP contribution in [0.1, 0.15) is 47.3 Å². The Morgan fingerprint density at radius 2 is 2.10 bits per heavy atom. The summed E-state index contributed by atoms with van der Waals surface area (Å²) in [5, 5.41) is 0. The highest BCUT2D eigenvalue weighted by Crippen LogP contribution is 2.27. The standard InChI is InChI=1S/C15H21N3O3/c16-10-1-3-11(4-2-10)21-15-12(14(17)19)7-9-8-20-6-5-13(9)18-15/h7,10-11H,1-6,8,16H2,(H2,17,19). The van der Waals surface area contributed by atoms with E-state index in [2.05, 4.69) is 4.98 Å². The van der Waals surface area contributed by atoms with E-state index < -0.39 is 5.91 Å². The normalized spacial score (nSPS) is 25.2. The predicted octanol–water partition coefficient (Wildman–Crippen LogP) is 0.902. The summed E-state index contributed by atoms with van der Waals surface area (Å²) < 4.78 is 11.3. The van der Waals surface area contributed by atoms with Crippen LogP contribution < -0.4 is 16.2 Å². The molecule has 1 saturated carbocycles. The summed E-state index contributed by atoms with van der Waals surface area (Å²) in [7, 11) is 0. The van der Waals surface area contributed by atoms with Crippen LogP contribution in [0.3, 0.4) is 0 Å². The van der Waals surface area contributed by atoms with E-state index >= 15 is 0 Å². The first kappa shape index (κ1) is 14.3. The molecule has 3 rings (SSSR count). The Kier molecular flexibility index (Phi) is 4.07. The summed E-state index contributed by atoms with van der Waals surface area (Å²) in [6.45, 7) is 1.12. The van der Waals surface area contributed by atoms with Crippen LogP contribution in [-0.2, 0) is 17.8 Å². The van der Waals surface area contributed by atoms with Gasteiger partial charge in [-0.25, -0.2) is 4.98 Å². The molecule has 21 heavy (non-hydrogen) atoms. The van der Waals surface area contributed by atoms with E-state index in [4.69, 9.17) is 20.9 Å². The molecule has 1 amide bonds. The zero-order valence-corrected chi connectivity index (χ0v) is 12.0. The molecule has 1 fully saturated rings. The van der Waals surface area contributed by atoms with Crippen LogP contribution in [-0.4, -0.2) is 29.6 Å². The van der Waals surface area contributed by atoms with Gasteiger partial charge in [-0.15, -0.1) is 0 Å². The highest BCUT2D eigenvalue weighted by Gasteiger charge is 2.24. The van der Waals surface area contributed by atoms with Gasteiger partial charge in [-0.1, -0.05) is 0 Å². The van der Waals surface area contributed by atoms with Gasteiger partial charge in [-0.05, 0) is 31.7 Å². The molecular formula is C15H21N3O3. The molecule has 0 aromatic carbocycles. The first-order valence-corrected chi connectivity index (χ1v) is 7.46. The Morgan fingerprint density at radius 1 is 1.33 bits per heavy atom. The second-order valence-electron chi connectivity index (χ2n) is 5.77. The van der Waals surface area contributed by atoms with Gasteiger partial charge in [0.15, 0.2) is 0 Å². The van der Waals surface area contributed by atoms with Crippen molar-refractivity contribution < 1.29 is 14.3 Å². The van der Waals surface area contributed by atoms with Crippen LogP contribution in [0, 0.1) is 0 Å². The van der Waals surface area contributed by atoms with E-state index in [1.54, 1.807) is 6.07 Å². The molecular weight excluding hydrogens is 270 g/mol. The lowest BCUT2D eigenvalue weighted by Gasteiger charge is -2.27. The summed E-state index contributed by atoms with van der Waals surface area (Å²) in [6.07, 6.45) is 4.46. The lowest BCUT2D eigenvalue weighted by molar-refractivity contribution is 0.0970. The van der Waals surface area contributed by atoms with Crippen molar-refractivity contribution in [2.24, 2.45) is 11.5 Å². The molecule has 0 bridgehead atoms. The van der Waals surface area contributed by atoms with Gasteiger partial charge < -0.3 is 20.9 Å². The Morgan fingerprint density at radius 3 is 2.81 bits per heavy atom. The molecule has 6 nitrogen and oxygen atoms in total. The number of amides is 1. The number of hydrogen-bond acceptors (Lipinski definition) is 5. The summed E-state index contributed by atoms with van der Waals surface area (Å²) in [4.78, 5) is 16.2. The number of aromatic nitrogens is 1. The second kappa shape index (κ2) is 5.99. The highest BCUT2D eigenvalue weighted by molar-refractivity contribution is 5.95. The first-order chi connectivity index (χ1) is 10.1. The third kappa shape index (κ3) is 3.16. The quantitative estimate of drug-likeness (QED) is 0.861. The van der Waals surface area contributed by atoms with Crippen LogP contribution in [0.4, 0.5) is 0 Å². The fraction of sp³-hybridized carbons (Fsp3) is 0.600. The predicted molar refractivity (Wildman–Crippen MR) is 77.0 cm³/mol. The van der Waals surface area contributed by atoms with Crippen molar-refractivity contribution in [2.45, 2.75) is 50.9 Å².